The third kappa shape index (κ3) is 5.31. The van der Waals surface area contributed by atoms with E-state index >= 15 is 0 Å². The molecule has 8 heteroatoms. The van der Waals surface area contributed by atoms with Crippen LogP contribution in [0.1, 0.15) is 30.5 Å². The van der Waals surface area contributed by atoms with Gasteiger partial charge in [0, 0.05) is 50.9 Å². The van der Waals surface area contributed by atoms with Crippen LogP contribution in [0.25, 0.3) is 0 Å². The van der Waals surface area contributed by atoms with Gasteiger partial charge in [0.25, 0.3) is 0 Å². The van der Waals surface area contributed by atoms with Crippen LogP contribution in [-0.2, 0) is 22.7 Å². The van der Waals surface area contributed by atoms with Gasteiger partial charge in [-0.25, -0.2) is 4.39 Å². The van der Waals surface area contributed by atoms with E-state index in [4.69, 9.17) is 0 Å². The van der Waals surface area contributed by atoms with E-state index in [1.165, 1.54) is 12.1 Å². The second kappa shape index (κ2) is 10.2. The number of aromatic nitrogens is 1. The second-order valence-corrected chi connectivity index (χ2v) is 8.60. The molecule has 2 aromatic rings. The van der Waals surface area contributed by atoms with Crippen LogP contribution in [0.15, 0.2) is 48.7 Å². The molecule has 0 radical (unpaired) electrons. The number of nitrogens with one attached hydrogen (secondary N) is 2. The summed E-state index contributed by atoms with van der Waals surface area (Å²) in [6.07, 6.45) is 3.73. The summed E-state index contributed by atoms with van der Waals surface area (Å²) in [5, 5.41) is 5.98. The van der Waals surface area contributed by atoms with E-state index in [0.29, 0.717) is 32.5 Å². The van der Waals surface area contributed by atoms with Crippen LogP contribution in [0.2, 0.25) is 0 Å². The van der Waals surface area contributed by atoms with Gasteiger partial charge in [0.15, 0.2) is 0 Å². The molecule has 3 heterocycles. The first-order chi connectivity index (χ1) is 15.5. The Bertz CT molecular complexity index is 924. The van der Waals surface area contributed by atoms with E-state index in [2.05, 4.69) is 32.5 Å². The molecule has 7 nitrogen and oxygen atoms in total. The van der Waals surface area contributed by atoms with Gasteiger partial charge in [-0.2, -0.15) is 0 Å². The fraction of sp³-hybridized carbons (Fsp3) is 0.458. The van der Waals surface area contributed by atoms with Gasteiger partial charge in [-0.15, -0.1) is 0 Å². The predicted octanol–water partition coefficient (Wildman–Crippen LogP) is 1.69. The Balaban J connectivity index is 1.31. The van der Waals surface area contributed by atoms with E-state index < -0.39 is 0 Å². The van der Waals surface area contributed by atoms with Gasteiger partial charge in [0.1, 0.15) is 11.9 Å². The SMILES string of the molecule is CN1C(CCC(=O)NCc2ccc(F)cc2)CNC(=O)C2C1CCN2Cc1ccccn1. The number of pyridine rings is 1. The number of halogens is 1. The summed E-state index contributed by atoms with van der Waals surface area (Å²) in [5.74, 6) is -0.279. The highest BCUT2D eigenvalue weighted by Gasteiger charge is 2.44. The van der Waals surface area contributed by atoms with Gasteiger partial charge in [0.2, 0.25) is 11.8 Å². The zero-order chi connectivity index (χ0) is 22.5. The Morgan fingerprint density at radius 1 is 1.25 bits per heavy atom. The summed E-state index contributed by atoms with van der Waals surface area (Å²) < 4.78 is 13.0. The Morgan fingerprint density at radius 2 is 2.06 bits per heavy atom. The van der Waals surface area contributed by atoms with Crippen LogP contribution < -0.4 is 10.6 Å². The lowest BCUT2D eigenvalue weighted by Crippen LogP contribution is -2.49. The highest BCUT2D eigenvalue weighted by Crippen LogP contribution is 2.28. The first kappa shape index (κ1) is 22.4. The Hall–Kier alpha value is -2.84. The molecule has 2 aliphatic rings. The van der Waals surface area contributed by atoms with E-state index in [1.54, 1.807) is 18.3 Å². The van der Waals surface area contributed by atoms with Crippen LogP contribution in [0.5, 0.6) is 0 Å². The van der Waals surface area contributed by atoms with Gasteiger partial charge in [-0.1, -0.05) is 18.2 Å². The van der Waals surface area contributed by atoms with E-state index in [0.717, 1.165) is 24.2 Å². The van der Waals surface area contributed by atoms with Gasteiger partial charge >= 0.3 is 0 Å². The van der Waals surface area contributed by atoms with Crippen molar-refractivity contribution >= 4 is 11.8 Å². The highest BCUT2D eigenvalue weighted by molar-refractivity contribution is 5.83. The topological polar surface area (TPSA) is 77.6 Å². The van der Waals surface area contributed by atoms with Crippen LogP contribution in [-0.4, -0.2) is 64.9 Å². The molecule has 32 heavy (non-hydrogen) atoms. The van der Waals surface area contributed by atoms with Crippen molar-refractivity contribution in [3.05, 3.63) is 65.7 Å². The van der Waals surface area contributed by atoms with Gasteiger partial charge < -0.3 is 10.6 Å². The number of fused-ring (bicyclic) bond motifs is 1. The molecule has 3 atom stereocenters. The number of rotatable bonds is 7. The quantitative estimate of drug-likeness (QED) is 0.687. The zero-order valence-electron chi connectivity index (χ0n) is 18.3. The number of carbonyl (C=O) groups excluding carboxylic acids is 2. The summed E-state index contributed by atoms with van der Waals surface area (Å²) in [7, 11) is 2.06. The third-order valence-corrected chi connectivity index (χ3v) is 6.55. The molecular formula is C24H30FN5O2. The smallest absolute Gasteiger partial charge is 0.239 e. The fourth-order valence-corrected chi connectivity index (χ4v) is 4.71. The molecule has 2 aliphatic heterocycles. The Kier molecular flexibility index (Phi) is 7.12. The van der Waals surface area contributed by atoms with Gasteiger partial charge in [-0.3, -0.25) is 24.4 Å². The largest absolute Gasteiger partial charge is 0.353 e. The molecule has 2 amide bonds. The zero-order valence-corrected chi connectivity index (χ0v) is 18.3. The molecular weight excluding hydrogens is 409 g/mol. The summed E-state index contributed by atoms with van der Waals surface area (Å²) >= 11 is 0. The number of hydrogen-bond donors (Lipinski definition) is 2. The minimum Gasteiger partial charge on any atom is -0.353 e. The minimum atomic E-state index is -0.290. The highest BCUT2D eigenvalue weighted by atomic mass is 19.1. The summed E-state index contributed by atoms with van der Waals surface area (Å²) in [4.78, 5) is 34.1. The predicted molar refractivity (Wildman–Crippen MR) is 119 cm³/mol. The van der Waals surface area contributed by atoms with Crippen LogP contribution in [0, 0.1) is 5.82 Å². The maximum Gasteiger partial charge on any atom is 0.239 e. The van der Waals surface area contributed by atoms with E-state index in [-0.39, 0.29) is 35.8 Å². The molecule has 2 saturated heterocycles. The molecule has 0 saturated carbocycles. The first-order valence-corrected chi connectivity index (χ1v) is 11.2. The van der Waals surface area contributed by atoms with Crippen molar-refractivity contribution in [2.75, 3.05) is 20.1 Å². The first-order valence-electron chi connectivity index (χ1n) is 11.2. The van der Waals surface area contributed by atoms with E-state index in [1.807, 2.05) is 18.2 Å². The number of benzene rings is 1. The molecule has 0 aliphatic carbocycles. The van der Waals surface area contributed by atoms with Crippen LogP contribution >= 0.6 is 0 Å². The van der Waals surface area contributed by atoms with Crippen molar-refractivity contribution in [3.63, 3.8) is 0 Å². The van der Waals surface area contributed by atoms with Crippen LogP contribution in [0.4, 0.5) is 4.39 Å². The number of nitrogens with zero attached hydrogens (tertiary/aromatic N) is 3. The monoisotopic (exact) mass is 439 g/mol. The Labute approximate surface area is 188 Å². The maximum atomic E-state index is 13.0. The molecule has 170 valence electrons. The molecule has 4 rings (SSSR count). The fourth-order valence-electron chi connectivity index (χ4n) is 4.71. The number of hydrogen-bond acceptors (Lipinski definition) is 5. The standard InChI is InChI=1S/C24H30FN5O2/c1-29-20(9-10-22(31)27-14-17-5-7-18(25)8-6-17)15-28-24(32)23-21(29)11-13-30(23)16-19-4-2-3-12-26-19/h2-8,12,20-21,23H,9-11,13-16H2,1H3,(H,27,31)(H,28,32). The third-order valence-electron chi connectivity index (χ3n) is 6.55. The van der Waals surface area contributed by atoms with Crippen LogP contribution in [0.3, 0.4) is 0 Å². The lowest BCUT2D eigenvalue weighted by molar-refractivity contribution is -0.126. The number of carbonyl (C=O) groups is 2. The molecule has 2 fully saturated rings. The molecule has 1 aromatic carbocycles. The minimum absolute atomic E-state index is 0.0435. The van der Waals surface area contributed by atoms with Gasteiger partial charge in [-0.05, 0) is 49.7 Å². The van der Waals surface area contributed by atoms with Crippen molar-refractivity contribution in [3.8, 4) is 0 Å². The summed E-state index contributed by atoms with van der Waals surface area (Å²) in [6, 6.07) is 12.0. The van der Waals surface area contributed by atoms with E-state index in [9.17, 15) is 14.0 Å². The van der Waals surface area contributed by atoms with Gasteiger partial charge in [0.05, 0.1) is 5.69 Å². The van der Waals surface area contributed by atoms with Crippen molar-refractivity contribution in [1.82, 2.24) is 25.4 Å². The number of amides is 2. The lowest BCUT2D eigenvalue weighted by atomic mass is 10.0. The molecule has 0 bridgehead atoms. The van der Waals surface area contributed by atoms with Crippen molar-refractivity contribution < 1.29 is 14.0 Å². The molecule has 2 N–H and O–H groups in total. The molecule has 3 unspecified atom stereocenters. The summed E-state index contributed by atoms with van der Waals surface area (Å²) in [6.45, 7) is 2.41. The van der Waals surface area contributed by atoms with Crippen molar-refractivity contribution in [2.24, 2.45) is 0 Å². The Morgan fingerprint density at radius 3 is 2.81 bits per heavy atom. The van der Waals surface area contributed by atoms with Crippen molar-refractivity contribution in [1.29, 1.82) is 0 Å². The summed E-state index contributed by atoms with van der Waals surface area (Å²) in [5.41, 5.74) is 1.82. The second-order valence-electron chi connectivity index (χ2n) is 8.60. The number of likely N-dealkylation sites (N-methyl/N-ethyl adjacent to an activating group) is 1. The molecule has 0 spiro atoms. The maximum absolute atomic E-state index is 13.0. The molecule has 1 aromatic heterocycles. The number of likely N-dealkylation sites (tertiary alicyclic amines) is 1. The lowest BCUT2D eigenvalue weighted by Gasteiger charge is -2.33. The van der Waals surface area contributed by atoms with Crippen molar-refractivity contribution in [2.45, 2.75) is 50.5 Å². The average Bonchev–Trinajstić information content (AvgIpc) is 3.17. The normalized spacial score (nSPS) is 23.9. The average molecular weight is 440 g/mol.